The second-order valence-electron chi connectivity index (χ2n) is 5.77. The number of fused-ring (bicyclic) bond motifs is 1. The summed E-state index contributed by atoms with van der Waals surface area (Å²) in [5, 5.41) is 5.38. The molecule has 0 saturated carbocycles. The smallest absolute Gasteiger partial charge is 0.348 e. The number of hydrogen-bond acceptors (Lipinski definition) is 8. The highest BCUT2D eigenvalue weighted by Crippen LogP contribution is 2.34. The third kappa shape index (κ3) is 3.64. The number of aromatic nitrogens is 3. The van der Waals surface area contributed by atoms with E-state index in [4.69, 9.17) is 4.74 Å². The van der Waals surface area contributed by atoms with Crippen molar-refractivity contribution in [2.75, 3.05) is 18.5 Å². The zero-order valence-electron chi connectivity index (χ0n) is 14.6. The lowest BCUT2D eigenvalue weighted by Gasteiger charge is -2.11. The second kappa shape index (κ2) is 7.45. The first-order valence-corrected chi connectivity index (χ1v) is 9.72. The number of hydrogen-bond donors (Lipinski definition) is 1. The van der Waals surface area contributed by atoms with E-state index in [1.165, 1.54) is 22.5 Å². The normalized spacial score (nSPS) is 12.3. The lowest BCUT2D eigenvalue weighted by molar-refractivity contribution is 0.0531. The van der Waals surface area contributed by atoms with Gasteiger partial charge in [0, 0.05) is 23.5 Å². The number of aryl methyl sites for hydroxylation is 2. The zero-order chi connectivity index (χ0) is 18.0. The molecule has 3 aromatic rings. The average molecular weight is 377 g/mol. The molecule has 0 aromatic carbocycles. The Morgan fingerprint density at radius 1 is 1.28 bits per heavy atom. The average Bonchev–Trinajstić information content (AvgIpc) is 3.17. The van der Waals surface area contributed by atoms with Crippen molar-refractivity contribution in [3.8, 4) is 0 Å². The number of thiazole rings is 1. The number of ether oxygens (including phenoxy) is 1. The Morgan fingerprint density at radius 2 is 2.08 bits per heavy atom. The van der Waals surface area contributed by atoms with Gasteiger partial charge < -0.3 is 10.1 Å². The van der Waals surface area contributed by atoms with Gasteiger partial charge in [0.05, 0.1) is 17.0 Å². The largest absolute Gasteiger partial charge is 0.462 e. The Bertz CT molecular complexity index is 903. The van der Waals surface area contributed by atoms with Crippen LogP contribution in [0, 0.1) is 13.8 Å². The third-order valence-corrected chi connectivity index (χ3v) is 6.15. The molecule has 0 radical (unpaired) electrons. The number of carbonyl (C=O) groups excluding carboxylic acids is 1. The number of esters is 1. The lowest BCUT2D eigenvalue weighted by atomic mass is 10.1. The molecular formula is C17H20N4O2S2. The molecule has 3 rings (SSSR count). The van der Waals surface area contributed by atoms with Gasteiger partial charge in [-0.3, -0.25) is 0 Å². The van der Waals surface area contributed by atoms with E-state index in [2.05, 4.69) is 34.1 Å². The van der Waals surface area contributed by atoms with Gasteiger partial charge in [-0.1, -0.05) is 6.92 Å². The van der Waals surface area contributed by atoms with Crippen molar-refractivity contribution in [1.29, 1.82) is 0 Å². The van der Waals surface area contributed by atoms with E-state index in [-0.39, 0.29) is 11.9 Å². The number of rotatable bonds is 6. The topological polar surface area (TPSA) is 77.0 Å². The second-order valence-corrected chi connectivity index (χ2v) is 8.04. The Labute approximate surface area is 154 Å². The van der Waals surface area contributed by atoms with Crippen LogP contribution in [0.25, 0.3) is 10.2 Å². The summed E-state index contributed by atoms with van der Waals surface area (Å²) in [5.41, 5.74) is 0.860. The highest BCUT2D eigenvalue weighted by Gasteiger charge is 2.20. The summed E-state index contributed by atoms with van der Waals surface area (Å²) in [6.07, 6.45) is 3.42. The summed E-state index contributed by atoms with van der Waals surface area (Å²) in [7, 11) is 0. The molecule has 132 valence electrons. The molecule has 0 fully saturated rings. The van der Waals surface area contributed by atoms with Crippen molar-refractivity contribution in [3.63, 3.8) is 0 Å². The van der Waals surface area contributed by atoms with E-state index >= 15 is 0 Å². The van der Waals surface area contributed by atoms with Crippen molar-refractivity contribution < 1.29 is 9.53 Å². The van der Waals surface area contributed by atoms with E-state index in [0.717, 1.165) is 26.6 Å². The van der Waals surface area contributed by atoms with Crippen LogP contribution in [0.3, 0.4) is 0 Å². The Kier molecular flexibility index (Phi) is 5.29. The first kappa shape index (κ1) is 17.8. The van der Waals surface area contributed by atoms with Crippen molar-refractivity contribution in [2.45, 2.75) is 33.6 Å². The van der Waals surface area contributed by atoms with E-state index < -0.39 is 0 Å². The molecule has 0 aliphatic carbocycles. The maximum absolute atomic E-state index is 12.1. The predicted octanol–water partition coefficient (Wildman–Crippen LogP) is 4.16. The minimum atomic E-state index is -0.305. The molecule has 0 amide bonds. The van der Waals surface area contributed by atoms with Crippen molar-refractivity contribution in [2.24, 2.45) is 0 Å². The summed E-state index contributed by atoms with van der Waals surface area (Å²) < 4.78 is 5.13. The van der Waals surface area contributed by atoms with Crippen molar-refractivity contribution >= 4 is 44.7 Å². The minimum absolute atomic E-state index is 0.271. The Morgan fingerprint density at radius 3 is 2.76 bits per heavy atom. The van der Waals surface area contributed by atoms with E-state index in [1.54, 1.807) is 18.3 Å². The van der Waals surface area contributed by atoms with Gasteiger partial charge in [0.1, 0.15) is 21.9 Å². The number of thiophene rings is 1. The van der Waals surface area contributed by atoms with Gasteiger partial charge in [-0.15, -0.1) is 22.7 Å². The van der Waals surface area contributed by atoms with Crippen LogP contribution in [-0.4, -0.2) is 34.1 Å². The van der Waals surface area contributed by atoms with Gasteiger partial charge >= 0.3 is 5.97 Å². The van der Waals surface area contributed by atoms with Crippen LogP contribution >= 0.6 is 22.7 Å². The Hall–Kier alpha value is -2.06. The van der Waals surface area contributed by atoms with Crippen molar-refractivity contribution in [3.05, 3.63) is 32.8 Å². The molecule has 3 heterocycles. The molecule has 6 nitrogen and oxygen atoms in total. The highest BCUT2D eigenvalue weighted by molar-refractivity contribution is 7.20. The number of anilines is 1. The van der Waals surface area contributed by atoms with E-state index in [1.807, 2.05) is 13.1 Å². The number of nitrogens with one attached hydrogen (secondary N) is 1. The van der Waals surface area contributed by atoms with Gasteiger partial charge in [-0.25, -0.2) is 19.7 Å². The van der Waals surface area contributed by atoms with Gasteiger partial charge in [0.2, 0.25) is 0 Å². The maximum atomic E-state index is 12.1. The van der Waals surface area contributed by atoms with E-state index in [0.29, 0.717) is 18.0 Å². The molecule has 1 unspecified atom stereocenters. The number of nitrogens with zero attached hydrogens (tertiary/aromatic N) is 3. The van der Waals surface area contributed by atoms with Crippen LogP contribution in [0.5, 0.6) is 0 Å². The summed E-state index contributed by atoms with van der Waals surface area (Å²) in [4.78, 5) is 27.8. The molecule has 1 atom stereocenters. The molecule has 25 heavy (non-hydrogen) atoms. The van der Waals surface area contributed by atoms with Crippen LogP contribution in [0.1, 0.15) is 44.9 Å². The molecule has 1 N–H and O–H groups in total. The molecule has 0 saturated heterocycles. The first-order chi connectivity index (χ1) is 12.0. The van der Waals surface area contributed by atoms with Crippen LogP contribution < -0.4 is 5.32 Å². The fourth-order valence-corrected chi connectivity index (χ4v) is 4.40. The molecule has 3 aromatic heterocycles. The summed E-state index contributed by atoms with van der Waals surface area (Å²) in [6.45, 7) is 8.97. The van der Waals surface area contributed by atoms with Gasteiger partial charge in [-0.05, 0) is 26.3 Å². The molecule has 0 spiro atoms. The predicted molar refractivity (Wildman–Crippen MR) is 102 cm³/mol. The minimum Gasteiger partial charge on any atom is -0.462 e. The molecular weight excluding hydrogens is 356 g/mol. The third-order valence-electron chi connectivity index (χ3n) is 3.82. The van der Waals surface area contributed by atoms with Gasteiger partial charge in [0.25, 0.3) is 0 Å². The summed E-state index contributed by atoms with van der Waals surface area (Å²) in [5.74, 6) is 0.710. The standard InChI is InChI=1S/C17H20N4O2S2/c1-5-23-17(22)13-11(4)12-14(20-8-21-16(12)25-13)18-6-9(2)15-19-7-10(3)24-15/h7-9H,5-6H2,1-4H3,(H,18,20,21). The van der Waals surface area contributed by atoms with Gasteiger partial charge in [0.15, 0.2) is 0 Å². The van der Waals surface area contributed by atoms with E-state index in [9.17, 15) is 4.79 Å². The fourth-order valence-electron chi connectivity index (χ4n) is 2.53. The van der Waals surface area contributed by atoms with Crippen LogP contribution in [-0.2, 0) is 4.74 Å². The molecule has 0 aliphatic rings. The SMILES string of the molecule is CCOC(=O)c1sc2ncnc(NCC(C)c3ncc(C)s3)c2c1C. The zero-order valence-corrected chi connectivity index (χ0v) is 16.3. The molecule has 0 bridgehead atoms. The molecule has 0 aliphatic heterocycles. The highest BCUT2D eigenvalue weighted by atomic mass is 32.1. The lowest BCUT2D eigenvalue weighted by Crippen LogP contribution is -2.11. The summed E-state index contributed by atoms with van der Waals surface area (Å²) in [6, 6.07) is 0. The van der Waals surface area contributed by atoms with Crippen LogP contribution in [0.4, 0.5) is 5.82 Å². The molecule has 8 heteroatoms. The van der Waals surface area contributed by atoms with Crippen molar-refractivity contribution in [1.82, 2.24) is 15.0 Å². The quantitative estimate of drug-likeness (QED) is 0.651. The van der Waals surface area contributed by atoms with Gasteiger partial charge in [-0.2, -0.15) is 0 Å². The maximum Gasteiger partial charge on any atom is 0.348 e. The van der Waals surface area contributed by atoms with Crippen LogP contribution in [0.2, 0.25) is 0 Å². The number of carbonyl (C=O) groups is 1. The monoisotopic (exact) mass is 376 g/mol. The van der Waals surface area contributed by atoms with Crippen LogP contribution in [0.15, 0.2) is 12.5 Å². The first-order valence-electron chi connectivity index (χ1n) is 8.08. The Balaban J connectivity index is 1.85. The summed E-state index contributed by atoms with van der Waals surface area (Å²) >= 11 is 3.05. The fraction of sp³-hybridized carbons (Fsp3) is 0.412.